The van der Waals surface area contributed by atoms with Crippen molar-refractivity contribution in [2.24, 2.45) is 11.8 Å². The fraction of sp³-hybridized carbons (Fsp3) is 0.393. The lowest BCUT2D eigenvalue weighted by molar-refractivity contribution is -0.141. The van der Waals surface area contributed by atoms with E-state index in [2.05, 4.69) is 35.1 Å². The number of rotatable bonds is 4. The third-order valence-corrected chi connectivity index (χ3v) is 7.32. The maximum atomic E-state index is 13.0. The Morgan fingerprint density at radius 1 is 1.16 bits per heavy atom. The van der Waals surface area contributed by atoms with Crippen molar-refractivity contribution in [2.75, 3.05) is 30.0 Å². The first-order valence-corrected chi connectivity index (χ1v) is 12.4. The van der Waals surface area contributed by atoms with Gasteiger partial charge in [0.25, 0.3) is 5.91 Å². The topological polar surface area (TPSA) is 67.4 Å². The van der Waals surface area contributed by atoms with E-state index < -0.39 is 17.8 Å². The predicted octanol–water partition coefficient (Wildman–Crippen LogP) is 5.76. The number of anilines is 2. The van der Waals surface area contributed by atoms with Crippen LogP contribution in [0.1, 0.15) is 41.2 Å². The van der Waals surface area contributed by atoms with Crippen molar-refractivity contribution in [3.8, 4) is 11.1 Å². The zero-order chi connectivity index (χ0) is 26.3. The molecule has 37 heavy (non-hydrogen) atoms. The van der Waals surface area contributed by atoms with Crippen molar-refractivity contribution < 1.29 is 22.7 Å². The molecular weight excluding hydrogens is 481 g/mol. The maximum Gasteiger partial charge on any atom is 0.433 e. The van der Waals surface area contributed by atoms with E-state index in [4.69, 9.17) is 9.72 Å². The molecule has 2 atom stereocenters. The molecule has 1 amide bonds. The molecule has 6 nitrogen and oxygen atoms in total. The number of ether oxygens (including phenoxy) is 1. The van der Waals surface area contributed by atoms with Gasteiger partial charge in [0, 0.05) is 35.8 Å². The van der Waals surface area contributed by atoms with Crippen LogP contribution in [0.15, 0.2) is 48.8 Å². The largest absolute Gasteiger partial charge is 0.433 e. The Balaban J connectivity index is 1.44. The molecule has 1 saturated heterocycles. The summed E-state index contributed by atoms with van der Waals surface area (Å²) in [6.45, 7) is 8.67. The molecule has 5 rings (SSSR count). The van der Waals surface area contributed by atoms with Crippen LogP contribution in [0.25, 0.3) is 11.1 Å². The van der Waals surface area contributed by atoms with Crippen molar-refractivity contribution in [3.63, 3.8) is 0 Å². The van der Waals surface area contributed by atoms with Crippen LogP contribution in [0.4, 0.5) is 24.5 Å². The summed E-state index contributed by atoms with van der Waals surface area (Å²) in [6.07, 6.45) is -0.872. The van der Waals surface area contributed by atoms with E-state index >= 15 is 0 Å². The number of amides is 1. The van der Waals surface area contributed by atoms with E-state index in [0.29, 0.717) is 36.8 Å². The van der Waals surface area contributed by atoms with Crippen LogP contribution < -0.4 is 10.2 Å². The number of carbonyl (C=O) groups is 1. The summed E-state index contributed by atoms with van der Waals surface area (Å²) in [5.41, 5.74) is 4.28. The number of carbonyl (C=O) groups excluding carboxylic acids is 1. The molecule has 1 N–H and O–H groups in total. The number of aromatic nitrogens is 2. The number of nitrogens with one attached hydrogen (secondary N) is 1. The lowest BCUT2D eigenvalue weighted by Gasteiger charge is -2.47. The Morgan fingerprint density at radius 2 is 1.97 bits per heavy atom. The molecule has 4 heterocycles. The van der Waals surface area contributed by atoms with Gasteiger partial charge in [0.1, 0.15) is 5.69 Å². The predicted molar refractivity (Wildman–Crippen MR) is 136 cm³/mol. The second kappa shape index (κ2) is 9.78. The van der Waals surface area contributed by atoms with Gasteiger partial charge in [-0.3, -0.25) is 14.8 Å². The fourth-order valence-electron chi connectivity index (χ4n) is 5.29. The Labute approximate surface area is 213 Å². The number of morpholine rings is 1. The van der Waals surface area contributed by atoms with E-state index in [0.717, 1.165) is 53.3 Å². The van der Waals surface area contributed by atoms with Crippen LogP contribution in [-0.4, -0.2) is 41.7 Å². The average Bonchev–Trinajstić information content (AvgIpc) is 2.88. The van der Waals surface area contributed by atoms with Crippen molar-refractivity contribution in [1.82, 2.24) is 9.97 Å². The standard InChI is InChI=1S/C28H29F3N4O2/c1-16(2)21-13-23-24(35-8-9-37-15-25(21)35)10-19(14-33-23)22-12-20(5-4-17(22)3)34-27(36)18-6-7-32-26(11-18)28(29,30)31/h4-7,10-12,14,16,21,25H,8-9,13,15H2,1-3H3,(H,34,36)/t21-,25-/m1/s1. The van der Waals surface area contributed by atoms with Gasteiger partial charge in [-0.25, -0.2) is 0 Å². The Hall–Kier alpha value is -3.46. The van der Waals surface area contributed by atoms with Crippen molar-refractivity contribution in [3.05, 3.63) is 71.3 Å². The van der Waals surface area contributed by atoms with E-state index in [1.165, 1.54) is 6.07 Å². The van der Waals surface area contributed by atoms with Gasteiger partial charge in [-0.2, -0.15) is 13.2 Å². The van der Waals surface area contributed by atoms with E-state index in [1.54, 1.807) is 6.07 Å². The van der Waals surface area contributed by atoms with Gasteiger partial charge in [-0.15, -0.1) is 0 Å². The number of fused-ring (bicyclic) bond motifs is 3. The van der Waals surface area contributed by atoms with Crippen LogP contribution >= 0.6 is 0 Å². The van der Waals surface area contributed by atoms with E-state index in [9.17, 15) is 18.0 Å². The Kier molecular flexibility index (Phi) is 6.66. The molecule has 3 aromatic rings. The second-order valence-corrected chi connectivity index (χ2v) is 10.0. The highest BCUT2D eigenvalue weighted by atomic mass is 19.4. The molecule has 2 aliphatic rings. The smallest absolute Gasteiger partial charge is 0.377 e. The Morgan fingerprint density at radius 3 is 2.73 bits per heavy atom. The Bertz CT molecular complexity index is 1330. The molecule has 1 fully saturated rings. The summed E-state index contributed by atoms with van der Waals surface area (Å²) in [6, 6.07) is 9.93. The summed E-state index contributed by atoms with van der Waals surface area (Å²) in [4.78, 5) is 23.3. The zero-order valence-electron chi connectivity index (χ0n) is 21.0. The lowest BCUT2D eigenvalue weighted by atomic mass is 9.80. The SMILES string of the molecule is Cc1ccc(NC(=O)c2ccnc(C(F)(F)F)c2)cc1-c1cnc2c(c1)N1CCOC[C@@H]1[C@@H](C(C)C)C2. The molecule has 0 saturated carbocycles. The normalized spacial score (nSPS) is 19.4. The van der Waals surface area contributed by atoms with Gasteiger partial charge in [0.15, 0.2) is 0 Å². The van der Waals surface area contributed by atoms with Gasteiger partial charge in [0.05, 0.1) is 30.6 Å². The van der Waals surface area contributed by atoms with Crippen LogP contribution in [0.2, 0.25) is 0 Å². The monoisotopic (exact) mass is 510 g/mol. The van der Waals surface area contributed by atoms with Gasteiger partial charge in [0.2, 0.25) is 0 Å². The lowest BCUT2D eigenvalue weighted by Crippen LogP contribution is -2.54. The molecule has 0 unspecified atom stereocenters. The number of benzene rings is 1. The average molecular weight is 511 g/mol. The van der Waals surface area contributed by atoms with E-state index in [-0.39, 0.29) is 5.56 Å². The zero-order valence-corrected chi connectivity index (χ0v) is 21.0. The minimum absolute atomic E-state index is 0.113. The molecule has 0 aliphatic carbocycles. The molecule has 0 spiro atoms. The summed E-state index contributed by atoms with van der Waals surface area (Å²) in [5, 5.41) is 2.72. The van der Waals surface area contributed by atoms with Gasteiger partial charge < -0.3 is 15.0 Å². The number of halogens is 3. The van der Waals surface area contributed by atoms with Crippen molar-refractivity contribution >= 4 is 17.3 Å². The number of aryl methyl sites for hydroxylation is 1. The first kappa shape index (κ1) is 25.2. The third-order valence-electron chi connectivity index (χ3n) is 7.32. The molecule has 2 aliphatic heterocycles. The van der Waals surface area contributed by atoms with Crippen LogP contribution in [-0.2, 0) is 17.3 Å². The van der Waals surface area contributed by atoms with E-state index in [1.807, 2.05) is 25.3 Å². The first-order valence-electron chi connectivity index (χ1n) is 12.4. The highest BCUT2D eigenvalue weighted by molar-refractivity contribution is 6.04. The van der Waals surface area contributed by atoms with Crippen LogP contribution in [0.5, 0.6) is 0 Å². The third kappa shape index (κ3) is 5.05. The molecule has 2 aromatic heterocycles. The van der Waals surface area contributed by atoms with Gasteiger partial charge in [-0.1, -0.05) is 19.9 Å². The number of pyridine rings is 2. The summed E-state index contributed by atoms with van der Waals surface area (Å²) in [7, 11) is 0. The summed E-state index contributed by atoms with van der Waals surface area (Å²) in [5.74, 6) is 0.346. The molecule has 9 heteroatoms. The van der Waals surface area contributed by atoms with Gasteiger partial charge in [-0.05, 0) is 66.6 Å². The van der Waals surface area contributed by atoms with Crippen LogP contribution in [0, 0.1) is 18.8 Å². The molecule has 1 aromatic carbocycles. The number of hydrogen-bond donors (Lipinski definition) is 1. The fourth-order valence-corrected chi connectivity index (χ4v) is 5.29. The molecular formula is C28H29F3N4O2. The number of alkyl halides is 3. The maximum absolute atomic E-state index is 13.0. The van der Waals surface area contributed by atoms with Crippen molar-refractivity contribution in [1.29, 1.82) is 0 Å². The van der Waals surface area contributed by atoms with Crippen molar-refractivity contribution in [2.45, 2.75) is 39.4 Å². The first-order chi connectivity index (χ1) is 17.6. The quantitative estimate of drug-likeness (QED) is 0.484. The summed E-state index contributed by atoms with van der Waals surface area (Å²) >= 11 is 0. The molecule has 194 valence electrons. The highest BCUT2D eigenvalue weighted by Crippen LogP contribution is 2.40. The van der Waals surface area contributed by atoms with Gasteiger partial charge >= 0.3 is 6.18 Å². The molecule has 0 bridgehead atoms. The minimum atomic E-state index is -4.62. The number of hydrogen-bond acceptors (Lipinski definition) is 5. The second-order valence-electron chi connectivity index (χ2n) is 10.0. The summed E-state index contributed by atoms with van der Waals surface area (Å²) < 4.78 is 44.9. The minimum Gasteiger partial charge on any atom is -0.377 e. The molecule has 0 radical (unpaired) electrons. The number of nitrogens with zero attached hydrogens (tertiary/aromatic N) is 3. The van der Waals surface area contributed by atoms with Crippen LogP contribution in [0.3, 0.4) is 0 Å². The highest BCUT2D eigenvalue weighted by Gasteiger charge is 2.38.